The van der Waals surface area contributed by atoms with Gasteiger partial charge in [-0.05, 0) is 50.1 Å². The van der Waals surface area contributed by atoms with Gasteiger partial charge in [-0.25, -0.2) is 0 Å². The first-order valence-corrected chi connectivity index (χ1v) is 10.3. The Labute approximate surface area is 179 Å². The highest BCUT2D eigenvalue weighted by atomic mass is 16.5. The number of benzene rings is 2. The van der Waals surface area contributed by atoms with Gasteiger partial charge >= 0.3 is 0 Å². The minimum atomic E-state index is -0.602. The molecule has 30 heavy (non-hydrogen) atoms. The number of hydrogen-bond donors (Lipinski definition) is 1. The van der Waals surface area contributed by atoms with Crippen LogP contribution in [0, 0.1) is 6.92 Å². The Hall–Kier alpha value is -3.02. The smallest absolute Gasteiger partial charge is 0.261 e. The SMILES string of the molecule is CCCCNC(=O)C(C)N(Cc1cccc(C)c1)C(=O)COc1ccc(OC)cc1. The average Bonchev–Trinajstić information content (AvgIpc) is 2.75. The fourth-order valence-corrected chi connectivity index (χ4v) is 3.03. The predicted molar refractivity (Wildman–Crippen MR) is 118 cm³/mol. The Morgan fingerprint density at radius 1 is 1.10 bits per heavy atom. The molecule has 0 aliphatic heterocycles. The fraction of sp³-hybridized carbons (Fsp3) is 0.417. The van der Waals surface area contributed by atoms with E-state index in [2.05, 4.69) is 12.2 Å². The van der Waals surface area contributed by atoms with E-state index in [9.17, 15) is 9.59 Å². The average molecular weight is 413 g/mol. The minimum Gasteiger partial charge on any atom is -0.497 e. The molecule has 0 bridgehead atoms. The molecule has 2 aromatic rings. The molecule has 2 aromatic carbocycles. The lowest BCUT2D eigenvalue weighted by Crippen LogP contribution is -2.49. The van der Waals surface area contributed by atoms with Crippen LogP contribution in [0.15, 0.2) is 48.5 Å². The van der Waals surface area contributed by atoms with Gasteiger partial charge in [0.15, 0.2) is 6.61 Å². The van der Waals surface area contributed by atoms with Crippen LogP contribution in [0.5, 0.6) is 11.5 Å². The van der Waals surface area contributed by atoms with E-state index in [1.807, 2.05) is 31.2 Å². The van der Waals surface area contributed by atoms with E-state index in [0.29, 0.717) is 24.6 Å². The van der Waals surface area contributed by atoms with Crippen molar-refractivity contribution in [1.29, 1.82) is 0 Å². The van der Waals surface area contributed by atoms with Crippen molar-refractivity contribution in [3.05, 3.63) is 59.7 Å². The highest BCUT2D eigenvalue weighted by Crippen LogP contribution is 2.18. The lowest BCUT2D eigenvalue weighted by molar-refractivity contribution is -0.142. The monoisotopic (exact) mass is 412 g/mol. The minimum absolute atomic E-state index is 0.148. The second-order valence-corrected chi connectivity index (χ2v) is 7.30. The third-order valence-corrected chi connectivity index (χ3v) is 4.85. The number of nitrogens with one attached hydrogen (secondary N) is 1. The Bertz CT molecular complexity index is 820. The van der Waals surface area contributed by atoms with Crippen molar-refractivity contribution in [3.63, 3.8) is 0 Å². The van der Waals surface area contributed by atoms with Crippen LogP contribution in [0.25, 0.3) is 0 Å². The van der Waals surface area contributed by atoms with Crippen molar-refractivity contribution in [3.8, 4) is 11.5 Å². The molecule has 0 aliphatic rings. The van der Waals surface area contributed by atoms with Crippen molar-refractivity contribution >= 4 is 11.8 Å². The first kappa shape index (κ1) is 23.3. The van der Waals surface area contributed by atoms with Crippen LogP contribution < -0.4 is 14.8 Å². The Morgan fingerprint density at radius 2 is 1.80 bits per heavy atom. The zero-order chi connectivity index (χ0) is 21.9. The second kappa shape index (κ2) is 11.9. The van der Waals surface area contributed by atoms with Crippen molar-refractivity contribution in [2.24, 2.45) is 0 Å². The summed E-state index contributed by atoms with van der Waals surface area (Å²) in [6.07, 6.45) is 1.90. The molecular weight excluding hydrogens is 380 g/mol. The van der Waals surface area contributed by atoms with Crippen LogP contribution in [0.4, 0.5) is 0 Å². The third-order valence-electron chi connectivity index (χ3n) is 4.85. The van der Waals surface area contributed by atoms with Gasteiger partial charge in [0.1, 0.15) is 17.5 Å². The zero-order valence-corrected chi connectivity index (χ0v) is 18.3. The largest absolute Gasteiger partial charge is 0.497 e. The Morgan fingerprint density at radius 3 is 2.43 bits per heavy atom. The summed E-state index contributed by atoms with van der Waals surface area (Å²) >= 11 is 0. The molecule has 6 heteroatoms. The lowest BCUT2D eigenvalue weighted by atomic mass is 10.1. The number of methoxy groups -OCH3 is 1. The van der Waals surface area contributed by atoms with E-state index >= 15 is 0 Å². The van der Waals surface area contributed by atoms with Crippen molar-refractivity contribution < 1.29 is 19.1 Å². The van der Waals surface area contributed by atoms with E-state index in [1.54, 1.807) is 43.2 Å². The van der Waals surface area contributed by atoms with Gasteiger partial charge < -0.3 is 19.7 Å². The van der Waals surface area contributed by atoms with E-state index < -0.39 is 6.04 Å². The summed E-state index contributed by atoms with van der Waals surface area (Å²) in [5.41, 5.74) is 2.08. The molecule has 6 nitrogen and oxygen atoms in total. The van der Waals surface area contributed by atoms with Gasteiger partial charge in [-0.2, -0.15) is 0 Å². The molecule has 1 unspecified atom stereocenters. The molecule has 1 atom stereocenters. The highest BCUT2D eigenvalue weighted by Gasteiger charge is 2.26. The number of unbranched alkanes of at least 4 members (excludes halogenated alkanes) is 1. The number of aryl methyl sites for hydroxylation is 1. The zero-order valence-electron chi connectivity index (χ0n) is 18.3. The van der Waals surface area contributed by atoms with Gasteiger partial charge in [-0.1, -0.05) is 43.2 Å². The molecule has 0 spiro atoms. The van der Waals surface area contributed by atoms with Crippen LogP contribution >= 0.6 is 0 Å². The van der Waals surface area contributed by atoms with E-state index in [4.69, 9.17) is 9.47 Å². The van der Waals surface area contributed by atoms with E-state index in [1.165, 1.54) is 0 Å². The maximum Gasteiger partial charge on any atom is 0.261 e. The number of nitrogens with zero attached hydrogens (tertiary/aromatic N) is 1. The van der Waals surface area contributed by atoms with Gasteiger partial charge in [-0.3, -0.25) is 9.59 Å². The number of hydrogen-bond acceptors (Lipinski definition) is 4. The molecule has 162 valence electrons. The first-order valence-electron chi connectivity index (χ1n) is 10.3. The number of carbonyl (C=O) groups is 2. The van der Waals surface area contributed by atoms with Gasteiger partial charge in [0.2, 0.25) is 5.91 Å². The normalized spacial score (nSPS) is 11.5. The van der Waals surface area contributed by atoms with Gasteiger partial charge in [0.05, 0.1) is 7.11 Å². The van der Waals surface area contributed by atoms with Crippen LogP contribution in [0.2, 0.25) is 0 Å². The molecule has 0 radical (unpaired) electrons. The molecule has 0 saturated carbocycles. The van der Waals surface area contributed by atoms with Crippen LogP contribution in [0.3, 0.4) is 0 Å². The molecule has 1 N–H and O–H groups in total. The number of carbonyl (C=O) groups excluding carboxylic acids is 2. The summed E-state index contributed by atoms with van der Waals surface area (Å²) in [5, 5.41) is 2.91. The number of ether oxygens (including phenoxy) is 2. The van der Waals surface area contributed by atoms with E-state index in [-0.39, 0.29) is 18.4 Å². The quantitative estimate of drug-likeness (QED) is 0.571. The molecular formula is C24H32N2O4. The van der Waals surface area contributed by atoms with Gasteiger partial charge in [0, 0.05) is 13.1 Å². The summed E-state index contributed by atoms with van der Waals surface area (Å²) in [7, 11) is 1.59. The fourth-order valence-electron chi connectivity index (χ4n) is 3.03. The molecule has 0 saturated heterocycles. The molecule has 2 rings (SSSR count). The lowest BCUT2D eigenvalue weighted by Gasteiger charge is -2.29. The van der Waals surface area contributed by atoms with Gasteiger partial charge in [0.25, 0.3) is 5.91 Å². The summed E-state index contributed by atoms with van der Waals surface area (Å²) in [6.45, 7) is 6.62. The first-order chi connectivity index (χ1) is 14.4. The standard InChI is InChI=1S/C24H32N2O4/c1-5-6-14-25-24(28)19(3)26(16-20-9-7-8-18(2)15-20)23(27)17-30-22-12-10-21(29-4)11-13-22/h7-13,15,19H,5-6,14,16-17H2,1-4H3,(H,25,28). The molecule has 0 aromatic heterocycles. The summed E-state index contributed by atoms with van der Waals surface area (Å²) in [6, 6.07) is 14.4. The summed E-state index contributed by atoms with van der Waals surface area (Å²) in [5.74, 6) is 0.881. The van der Waals surface area contributed by atoms with Crippen LogP contribution in [0.1, 0.15) is 37.8 Å². The second-order valence-electron chi connectivity index (χ2n) is 7.30. The predicted octanol–water partition coefficient (Wildman–Crippen LogP) is 3.72. The topological polar surface area (TPSA) is 67.9 Å². The molecule has 0 aliphatic carbocycles. The van der Waals surface area contributed by atoms with Gasteiger partial charge in [-0.15, -0.1) is 0 Å². The maximum atomic E-state index is 13.0. The summed E-state index contributed by atoms with van der Waals surface area (Å²) in [4.78, 5) is 27.2. The van der Waals surface area contributed by atoms with Crippen LogP contribution in [-0.4, -0.2) is 43.0 Å². The maximum absolute atomic E-state index is 13.0. The Kier molecular flexibility index (Phi) is 9.19. The summed E-state index contributed by atoms with van der Waals surface area (Å²) < 4.78 is 10.8. The van der Waals surface area contributed by atoms with Crippen molar-refractivity contribution in [1.82, 2.24) is 10.2 Å². The molecule has 2 amide bonds. The highest BCUT2D eigenvalue weighted by molar-refractivity contribution is 5.87. The number of rotatable bonds is 11. The molecule has 0 fully saturated rings. The Balaban J connectivity index is 2.09. The molecule has 0 heterocycles. The van der Waals surface area contributed by atoms with Crippen LogP contribution in [-0.2, 0) is 16.1 Å². The number of amides is 2. The van der Waals surface area contributed by atoms with Crippen molar-refractivity contribution in [2.75, 3.05) is 20.3 Å². The van der Waals surface area contributed by atoms with Crippen molar-refractivity contribution in [2.45, 2.75) is 46.2 Å². The third kappa shape index (κ3) is 7.10. The van der Waals surface area contributed by atoms with E-state index in [0.717, 1.165) is 24.0 Å².